The maximum absolute atomic E-state index is 13.7. The van der Waals surface area contributed by atoms with E-state index >= 15 is 0 Å². The lowest BCUT2D eigenvalue weighted by Gasteiger charge is -2.52. The zero-order valence-corrected chi connectivity index (χ0v) is 20.4. The fraction of sp³-hybridized carbons (Fsp3) is 0.739. The van der Waals surface area contributed by atoms with Crippen LogP contribution in [0.4, 0.5) is 26.3 Å². The van der Waals surface area contributed by atoms with E-state index in [1.807, 2.05) is 0 Å². The summed E-state index contributed by atoms with van der Waals surface area (Å²) in [6.45, 7) is 0. The lowest BCUT2D eigenvalue weighted by atomic mass is 10.1. The van der Waals surface area contributed by atoms with Gasteiger partial charge in [-0.2, -0.15) is 34.8 Å². The zero-order valence-electron chi connectivity index (χ0n) is 18.8. The van der Waals surface area contributed by atoms with E-state index in [2.05, 4.69) is 0 Å². The quantitative estimate of drug-likeness (QED) is 0.349. The van der Waals surface area contributed by atoms with E-state index in [0.29, 0.717) is 0 Å². The predicted octanol–water partition coefficient (Wildman–Crippen LogP) is 7.98. The minimum Gasteiger partial charge on any atom is -0.215 e. The van der Waals surface area contributed by atoms with Crippen molar-refractivity contribution >= 4 is 20.4 Å². The Morgan fingerprint density at radius 3 is 1.44 bits per heavy atom. The van der Waals surface area contributed by atoms with Crippen molar-refractivity contribution in [3.8, 4) is 0 Å². The van der Waals surface area contributed by atoms with Crippen LogP contribution in [0.15, 0.2) is 23.1 Å². The van der Waals surface area contributed by atoms with Gasteiger partial charge >= 0.3 is 22.5 Å². The summed E-state index contributed by atoms with van der Waals surface area (Å²) < 4.78 is 115. The number of alkyl halides is 6. The molecule has 11 heteroatoms. The molecular weight excluding hydrogens is 502 g/mol. The molecule has 0 unspecified atom stereocenters. The fourth-order valence-electron chi connectivity index (χ4n) is 6.08. The van der Waals surface area contributed by atoms with Gasteiger partial charge in [0, 0.05) is 15.7 Å². The molecule has 1 aromatic carbocycles. The summed E-state index contributed by atoms with van der Waals surface area (Å²) >= 11 is 0. The van der Waals surface area contributed by atoms with Crippen molar-refractivity contribution in [2.24, 2.45) is 0 Å². The van der Waals surface area contributed by atoms with Gasteiger partial charge in [0.1, 0.15) is 4.90 Å². The summed E-state index contributed by atoms with van der Waals surface area (Å²) in [7, 11) is -7.49. The first-order chi connectivity index (χ1) is 15.9. The smallest absolute Gasteiger partial charge is 0.215 e. The van der Waals surface area contributed by atoms with Crippen LogP contribution in [0.25, 0.3) is 0 Å². The SMILES string of the molecule is O=S(=O)(OS(C1CCCC1)(C1CCCC1)C1CCCC1)c1cc(C(F)(F)F)ccc1C(F)(F)F. The van der Waals surface area contributed by atoms with Gasteiger partial charge in [0.2, 0.25) is 0 Å². The molecule has 0 N–H and O–H groups in total. The minimum absolute atomic E-state index is 0.0476. The molecular formula is C23H30F6O3S2. The van der Waals surface area contributed by atoms with Gasteiger partial charge in [0.25, 0.3) is 0 Å². The Hall–Kier alpha value is -0.940. The number of hydrogen-bond donors (Lipinski definition) is 0. The molecule has 3 aliphatic rings. The minimum atomic E-state index is -5.14. The summed E-state index contributed by atoms with van der Waals surface area (Å²) in [6.07, 6.45) is -0.169. The highest BCUT2D eigenvalue weighted by Gasteiger charge is 2.53. The van der Waals surface area contributed by atoms with E-state index in [-0.39, 0.29) is 33.9 Å². The Labute approximate surface area is 198 Å². The molecule has 0 heterocycles. The van der Waals surface area contributed by atoms with Crippen LogP contribution in [0.3, 0.4) is 0 Å². The maximum Gasteiger partial charge on any atom is 0.417 e. The fourth-order valence-corrected chi connectivity index (χ4v) is 14.5. The first-order valence-electron chi connectivity index (χ1n) is 11.9. The van der Waals surface area contributed by atoms with E-state index in [0.717, 1.165) is 77.0 Å². The Kier molecular flexibility index (Phi) is 7.30. The Morgan fingerprint density at radius 2 is 1.09 bits per heavy atom. The molecule has 194 valence electrons. The highest BCUT2D eigenvalue weighted by atomic mass is 32.3. The van der Waals surface area contributed by atoms with Gasteiger partial charge in [-0.1, -0.05) is 38.5 Å². The van der Waals surface area contributed by atoms with E-state index in [4.69, 9.17) is 3.63 Å². The van der Waals surface area contributed by atoms with E-state index in [1.165, 1.54) is 0 Å². The summed E-state index contributed by atoms with van der Waals surface area (Å²) in [5.74, 6) is 0. The molecule has 3 aliphatic carbocycles. The van der Waals surface area contributed by atoms with Crippen molar-refractivity contribution in [3.05, 3.63) is 29.3 Å². The largest absolute Gasteiger partial charge is 0.417 e. The van der Waals surface area contributed by atoms with E-state index < -0.39 is 48.8 Å². The van der Waals surface area contributed by atoms with Crippen LogP contribution in [-0.4, -0.2) is 24.2 Å². The van der Waals surface area contributed by atoms with Gasteiger partial charge in [-0.05, 0) is 56.7 Å². The molecule has 0 aromatic heterocycles. The van der Waals surface area contributed by atoms with E-state index in [9.17, 15) is 34.8 Å². The van der Waals surface area contributed by atoms with Crippen molar-refractivity contribution in [1.29, 1.82) is 0 Å². The highest BCUT2D eigenvalue weighted by molar-refractivity contribution is 8.34. The molecule has 4 rings (SSSR count). The number of rotatable bonds is 6. The van der Waals surface area contributed by atoms with E-state index in [1.54, 1.807) is 0 Å². The third-order valence-corrected chi connectivity index (χ3v) is 14.6. The number of benzene rings is 1. The molecule has 0 spiro atoms. The zero-order chi connectivity index (χ0) is 24.8. The van der Waals surface area contributed by atoms with Crippen molar-refractivity contribution < 1.29 is 38.4 Å². The van der Waals surface area contributed by atoms with Crippen molar-refractivity contribution in [3.63, 3.8) is 0 Å². The van der Waals surface area contributed by atoms with Crippen LogP contribution < -0.4 is 0 Å². The monoisotopic (exact) mass is 532 g/mol. The Morgan fingerprint density at radius 1 is 0.676 bits per heavy atom. The number of hydrogen-bond acceptors (Lipinski definition) is 3. The summed E-state index contributed by atoms with van der Waals surface area (Å²) in [5, 5.41) is -0.143. The first-order valence-corrected chi connectivity index (χ1v) is 15.1. The van der Waals surface area contributed by atoms with Gasteiger partial charge < -0.3 is 0 Å². The second-order valence-electron chi connectivity index (χ2n) is 9.64. The summed E-state index contributed by atoms with van der Waals surface area (Å²) in [6, 6.07) is 0.573. The average molecular weight is 533 g/mol. The maximum atomic E-state index is 13.7. The predicted molar refractivity (Wildman–Crippen MR) is 119 cm³/mol. The summed E-state index contributed by atoms with van der Waals surface area (Å²) in [5.41, 5.74) is -3.05. The molecule has 0 amide bonds. The van der Waals surface area contributed by atoms with Gasteiger partial charge in [-0.3, -0.25) is 0 Å². The van der Waals surface area contributed by atoms with Gasteiger partial charge in [-0.25, -0.2) is 3.63 Å². The van der Waals surface area contributed by atoms with Crippen molar-refractivity contribution in [1.82, 2.24) is 0 Å². The van der Waals surface area contributed by atoms with Crippen LogP contribution in [0.2, 0.25) is 0 Å². The van der Waals surface area contributed by atoms with Crippen LogP contribution >= 0.6 is 10.3 Å². The van der Waals surface area contributed by atoms with Gasteiger partial charge in [0.15, 0.2) is 0 Å². The molecule has 3 nitrogen and oxygen atoms in total. The van der Waals surface area contributed by atoms with Crippen LogP contribution in [0.1, 0.15) is 88.2 Å². The second kappa shape index (κ2) is 9.50. The molecule has 3 saturated carbocycles. The topological polar surface area (TPSA) is 43.4 Å². The lowest BCUT2D eigenvalue weighted by Crippen LogP contribution is -2.37. The van der Waals surface area contributed by atoms with Gasteiger partial charge in [0.05, 0.1) is 11.1 Å². The first kappa shape index (κ1) is 26.1. The van der Waals surface area contributed by atoms with Gasteiger partial charge in [-0.15, -0.1) is 10.3 Å². The summed E-state index contributed by atoms with van der Waals surface area (Å²) in [4.78, 5) is -1.42. The molecule has 0 saturated heterocycles. The molecule has 0 aliphatic heterocycles. The molecule has 34 heavy (non-hydrogen) atoms. The third kappa shape index (κ3) is 4.98. The average Bonchev–Trinajstić information content (AvgIpc) is 3.54. The Balaban J connectivity index is 1.86. The number of halogens is 6. The van der Waals surface area contributed by atoms with Crippen molar-refractivity contribution in [2.75, 3.05) is 0 Å². The standard InChI is InChI=1S/C23H30F6O3S2/c24-22(25,26)16-13-14-20(23(27,28)29)21(15-16)34(30,31)32-33(17-7-1-2-8-17,18-9-3-4-10-18)19-11-5-6-12-19/h13-15,17-19H,1-12H2. The molecule has 1 aromatic rings. The highest BCUT2D eigenvalue weighted by Crippen LogP contribution is 2.72. The van der Waals surface area contributed by atoms with Crippen LogP contribution in [-0.2, 0) is 26.1 Å². The lowest BCUT2D eigenvalue weighted by molar-refractivity contribution is -0.143. The second-order valence-corrected chi connectivity index (χ2v) is 14.9. The normalized spacial score (nSPS) is 22.6. The molecule has 3 fully saturated rings. The Bertz CT molecular complexity index is 931. The van der Waals surface area contributed by atoms with Crippen LogP contribution in [0.5, 0.6) is 0 Å². The molecule has 0 atom stereocenters. The van der Waals surface area contributed by atoms with Crippen LogP contribution in [0, 0.1) is 0 Å². The third-order valence-electron chi connectivity index (χ3n) is 7.56. The molecule has 0 bridgehead atoms. The van der Waals surface area contributed by atoms with Crippen molar-refractivity contribution in [2.45, 2.75) is 110 Å². The molecule has 0 radical (unpaired) electrons.